The summed E-state index contributed by atoms with van der Waals surface area (Å²) < 4.78 is 5.52. The predicted octanol–water partition coefficient (Wildman–Crippen LogP) is 4.77. The Hall–Kier alpha value is -2.42. The molecule has 0 bridgehead atoms. The second-order valence-corrected chi connectivity index (χ2v) is 6.22. The molecule has 0 amide bonds. The second kappa shape index (κ2) is 8.11. The zero-order valence-electron chi connectivity index (χ0n) is 14.5. The molecule has 128 valence electrons. The van der Waals surface area contributed by atoms with E-state index in [1.807, 2.05) is 18.2 Å². The van der Waals surface area contributed by atoms with Crippen LogP contribution >= 0.6 is 0 Å². The summed E-state index contributed by atoms with van der Waals surface area (Å²) in [5.74, 6) is 0. The van der Waals surface area contributed by atoms with Gasteiger partial charge in [-0.3, -0.25) is 0 Å². The van der Waals surface area contributed by atoms with Crippen molar-refractivity contribution in [1.29, 1.82) is 0 Å². The summed E-state index contributed by atoms with van der Waals surface area (Å²) in [4.78, 5) is 0. The van der Waals surface area contributed by atoms with E-state index in [1.54, 1.807) is 6.92 Å². The second-order valence-electron chi connectivity index (χ2n) is 6.22. The molecule has 0 fully saturated rings. The van der Waals surface area contributed by atoms with Gasteiger partial charge in [-0.25, -0.2) is 0 Å². The van der Waals surface area contributed by atoms with Gasteiger partial charge in [0.15, 0.2) is 6.29 Å². The molecule has 0 aliphatic rings. The molecule has 1 unspecified atom stereocenters. The number of benzene rings is 3. The fraction of sp³-hybridized carbons (Fsp3) is 0.217. The number of aliphatic hydroxyl groups is 1. The van der Waals surface area contributed by atoms with E-state index in [0.717, 1.165) is 6.42 Å². The average Bonchev–Trinajstić information content (AvgIpc) is 2.67. The Balaban J connectivity index is 2.16. The van der Waals surface area contributed by atoms with Gasteiger partial charge in [0.2, 0.25) is 0 Å². The highest BCUT2D eigenvalue weighted by Crippen LogP contribution is 2.42. The summed E-state index contributed by atoms with van der Waals surface area (Å²) in [5, 5.41) is 9.54. The largest absolute Gasteiger partial charge is 0.368 e. The van der Waals surface area contributed by atoms with Gasteiger partial charge in [0.05, 0.1) is 6.61 Å². The van der Waals surface area contributed by atoms with Crippen molar-refractivity contribution in [2.45, 2.75) is 25.0 Å². The van der Waals surface area contributed by atoms with Crippen LogP contribution in [-0.2, 0) is 10.2 Å². The SMILES string of the molecule is CC(O)OCCC(c1ccccc1)(c1ccccc1)c1ccccc1. The summed E-state index contributed by atoms with van der Waals surface area (Å²) in [6.07, 6.45) is -0.0179. The Morgan fingerprint density at radius 2 is 1.08 bits per heavy atom. The summed E-state index contributed by atoms with van der Waals surface area (Å²) in [5.41, 5.74) is 3.35. The van der Waals surface area contributed by atoms with Crippen molar-refractivity contribution in [3.8, 4) is 0 Å². The number of hydrogen-bond donors (Lipinski definition) is 1. The molecule has 0 saturated heterocycles. The van der Waals surface area contributed by atoms with Crippen molar-refractivity contribution in [3.63, 3.8) is 0 Å². The van der Waals surface area contributed by atoms with Gasteiger partial charge in [-0.2, -0.15) is 0 Å². The monoisotopic (exact) mass is 332 g/mol. The van der Waals surface area contributed by atoms with Crippen LogP contribution in [0, 0.1) is 0 Å². The van der Waals surface area contributed by atoms with Crippen LogP contribution in [0.1, 0.15) is 30.0 Å². The van der Waals surface area contributed by atoms with Crippen molar-refractivity contribution < 1.29 is 9.84 Å². The van der Waals surface area contributed by atoms with E-state index in [9.17, 15) is 5.11 Å². The third-order valence-corrected chi connectivity index (χ3v) is 4.64. The molecule has 0 spiro atoms. The quantitative estimate of drug-likeness (QED) is 0.499. The van der Waals surface area contributed by atoms with Crippen LogP contribution in [0.15, 0.2) is 91.0 Å². The molecule has 2 nitrogen and oxygen atoms in total. The molecule has 0 radical (unpaired) electrons. The lowest BCUT2D eigenvalue weighted by Gasteiger charge is -2.36. The van der Waals surface area contributed by atoms with Crippen LogP contribution in [-0.4, -0.2) is 18.0 Å². The van der Waals surface area contributed by atoms with E-state index in [2.05, 4.69) is 72.8 Å². The van der Waals surface area contributed by atoms with Gasteiger partial charge < -0.3 is 9.84 Å². The third kappa shape index (κ3) is 3.81. The van der Waals surface area contributed by atoms with Crippen LogP contribution in [0.2, 0.25) is 0 Å². The van der Waals surface area contributed by atoms with E-state index < -0.39 is 6.29 Å². The van der Waals surface area contributed by atoms with Gasteiger partial charge >= 0.3 is 0 Å². The van der Waals surface area contributed by atoms with Crippen LogP contribution in [0.5, 0.6) is 0 Å². The first-order chi connectivity index (χ1) is 12.2. The number of ether oxygens (including phenoxy) is 1. The van der Waals surface area contributed by atoms with Crippen molar-refractivity contribution in [1.82, 2.24) is 0 Å². The van der Waals surface area contributed by atoms with Crippen molar-refractivity contribution in [2.75, 3.05) is 6.61 Å². The van der Waals surface area contributed by atoms with Gasteiger partial charge in [-0.15, -0.1) is 0 Å². The average molecular weight is 332 g/mol. The molecule has 0 heterocycles. The highest BCUT2D eigenvalue weighted by molar-refractivity contribution is 5.50. The summed E-state index contributed by atoms with van der Waals surface area (Å²) in [6.45, 7) is 2.12. The molecule has 0 aromatic heterocycles. The standard InChI is InChI=1S/C23H24O2/c1-19(24)25-18-17-23(20-11-5-2-6-12-20,21-13-7-3-8-14-21)22-15-9-4-10-16-22/h2-16,19,24H,17-18H2,1H3. The van der Waals surface area contributed by atoms with Crippen LogP contribution < -0.4 is 0 Å². The Kier molecular flexibility index (Phi) is 5.64. The fourth-order valence-corrected chi connectivity index (χ4v) is 3.48. The molecule has 3 rings (SSSR count). The van der Waals surface area contributed by atoms with Crippen molar-refractivity contribution in [3.05, 3.63) is 108 Å². The Bertz CT molecular complexity index is 655. The van der Waals surface area contributed by atoms with Gasteiger partial charge in [0, 0.05) is 5.41 Å². The Labute approximate surface area is 149 Å². The van der Waals surface area contributed by atoms with Crippen molar-refractivity contribution >= 4 is 0 Å². The lowest BCUT2D eigenvalue weighted by atomic mass is 9.67. The molecule has 1 atom stereocenters. The van der Waals surface area contributed by atoms with Gasteiger partial charge in [-0.1, -0.05) is 91.0 Å². The minimum Gasteiger partial charge on any atom is -0.368 e. The lowest BCUT2D eigenvalue weighted by molar-refractivity contribution is -0.0877. The zero-order chi connectivity index (χ0) is 17.5. The van der Waals surface area contributed by atoms with E-state index >= 15 is 0 Å². The minimum atomic E-state index is -0.764. The summed E-state index contributed by atoms with van der Waals surface area (Å²) in [6, 6.07) is 31.6. The first-order valence-electron chi connectivity index (χ1n) is 8.70. The van der Waals surface area contributed by atoms with Crippen molar-refractivity contribution in [2.24, 2.45) is 0 Å². The molecular formula is C23H24O2. The van der Waals surface area contributed by atoms with Crippen LogP contribution in [0.25, 0.3) is 0 Å². The minimum absolute atomic E-state index is 0.321. The number of aliphatic hydroxyl groups excluding tert-OH is 1. The molecule has 25 heavy (non-hydrogen) atoms. The fourth-order valence-electron chi connectivity index (χ4n) is 3.48. The van der Waals surface area contributed by atoms with Gasteiger partial charge in [-0.05, 0) is 30.0 Å². The highest BCUT2D eigenvalue weighted by Gasteiger charge is 2.35. The maximum absolute atomic E-state index is 9.54. The summed E-state index contributed by atoms with van der Waals surface area (Å²) >= 11 is 0. The first kappa shape index (κ1) is 17.4. The van der Waals surface area contributed by atoms with E-state index in [1.165, 1.54) is 16.7 Å². The topological polar surface area (TPSA) is 29.5 Å². The molecule has 0 aliphatic heterocycles. The normalized spacial score (nSPS) is 12.7. The van der Waals surface area contributed by atoms with E-state index in [4.69, 9.17) is 4.74 Å². The Morgan fingerprint density at radius 1 is 0.720 bits per heavy atom. The third-order valence-electron chi connectivity index (χ3n) is 4.64. The molecular weight excluding hydrogens is 308 g/mol. The van der Waals surface area contributed by atoms with Crippen LogP contribution in [0.3, 0.4) is 0 Å². The maximum Gasteiger partial charge on any atom is 0.151 e. The molecule has 3 aromatic rings. The smallest absolute Gasteiger partial charge is 0.151 e. The molecule has 0 saturated carbocycles. The predicted molar refractivity (Wildman–Crippen MR) is 101 cm³/mol. The Morgan fingerprint density at radius 3 is 1.40 bits per heavy atom. The van der Waals surface area contributed by atoms with E-state index in [0.29, 0.717) is 6.61 Å². The molecule has 3 aromatic carbocycles. The van der Waals surface area contributed by atoms with Gasteiger partial charge in [0.25, 0.3) is 0 Å². The number of hydrogen-bond acceptors (Lipinski definition) is 2. The van der Waals surface area contributed by atoms with Crippen LogP contribution in [0.4, 0.5) is 0 Å². The zero-order valence-corrected chi connectivity index (χ0v) is 14.5. The first-order valence-corrected chi connectivity index (χ1v) is 8.70. The molecule has 0 aliphatic carbocycles. The van der Waals surface area contributed by atoms with Gasteiger partial charge in [0.1, 0.15) is 0 Å². The molecule has 1 N–H and O–H groups in total. The highest BCUT2D eigenvalue weighted by atomic mass is 16.6. The number of rotatable bonds is 7. The molecule has 2 heteroatoms. The summed E-state index contributed by atoms with van der Waals surface area (Å²) in [7, 11) is 0. The van der Waals surface area contributed by atoms with E-state index in [-0.39, 0.29) is 5.41 Å². The maximum atomic E-state index is 9.54. The lowest BCUT2D eigenvalue weighted by Crippen LogP contribution is -2.31.